The van der Waals surface area contributed by atoms with Gasteiger partial charge >= 0.3 is 0 Å². The van der Waals surface area contributed by atoms with Gasteiger partial charge in [-0.3, -0.25) is 0 Å². The molecule has 2 rings (SSSR count). The zero-order chi connectivity index (χ0) is 13.3. The number of hydrogen-bond acceptors (Lipinski definition) is 2. The van der Waals surface area contributed by atoms with E-state index in [-0.39, 0.29) is 6.04 Å². The number of halogens is 1. The minimum atomic E-state index is 0.210. The Hall–Kier alpha value is -1.41. The van der Waals surface area contributed by atoms with Gasteiger partial charge in [0.25, 0.3) is 0 Å². The van der Waals surface area contributed by atoms with Gasteiger partial charge in [-0.2, -0.15) is 0 Å². The van der Waals surface area contributed by atoms with Crippen LogP contribution in [0.25, 0.3) is 0 Å². The van der Waals surface area contributed by atoms with Gasteiger partial charge in [-0.05, 0) is 57.5 Å². The van der Waals surface area contributed by atoms with Crippen molar-refractivity contribution in [2.24, 2.45) is 0 Å². The summed E-state index contributed by atoms with van der Waals surface area (Å²) in [5, 5.41) is 4.25. The van der Waals surface area contributed by atoms with Crippen LogP contribution in [0, 0.1) is 20.8 Å². The van der Waals surface area contributed by atoms with Crippen LogP contribution in [-0.4, -0.2) is 0 Å². The molecule has 0 radical (unpaired) electrons. The lowest BCUT2D eigenvalue weighted by Crippen LogP contribution is -2.07. The average molecular weight is 264 g/mol. The van der Waals surface area contributed by atoms with Crippen LogP contribution in [0.2, 0.25) is 5.02 Å². The molecule has 0 saturated carbocycles. The summed E-state index contributed by atoms with van der Waals surface area (Å²) in [5.74, 6) is 1.92. The normalized spacial score (nSPS) is 12.5. The van der Waals surface area contributed by atoms with Crippen molar-refractivity contribution < 1.29 is 4.42 Å². The van der Waals surface area contributed by atoms with Crippen LogP contribution in [0.5, 0.6) is 0 Å². The van der Waals surface area contributed by atoms with Crippen molar-refractivity contribution in [3.8, 4) is 0 Å². The van der Waals surface area contributed by atoms with Crippen LogP contribution in [-0.2, 0) is 0 Å². The molecule has 0 bridgehead atoms. The summed E-state index contributed by atoms with van der Waals surface area (Å²) in [6.45, 7) is 8.14. The van der Waals surface area contributed by atoms with Crippen molar-refractivity contribution in [2.45, 2.75) is 33.7 Å². The Kier molecular flexibility index (Phi) is 3.67. The Bertz CT molecular complexity index is 560. The van der Waals surface area contributed by atoms with E-state index in [1.54, 1.807) is 0 Å². The summed E-state index contributed by atoms with van der Waals surface area (Å²) >= 11 is 5.96. The molecular weight excluding hydrogens is 246 g/mol. The second-order valence-corrected chi connectivity index (χ2v) is 5.13. The van der Waals surface area contributed by atoms with Crippen LogP contribution in [0.3, 0.4) is 0 Å². The van der Waals surface area contributed by atoms with E-state index in [1.165, 1.54) is 5.56 Å². The van der Waals surface area contributed by atoms with Gasteiger partial charge in [0.05, 0.1) is 6.04 Å². The van der Waals surface area contributed by atoms with Gasteiger partial charge in [0.2, 0.25) is 0 Å². The minimum Gasteiger partial charge on any atom is -0.466 e. The number of nitrogens with one attached hydrogen (secondary N) is 1. The van der Waals surface area contributed by atoms with E-state index in [0.717, 1.165) is 27.8 Å². The smallest absolute Gasteiger partial charge is 0.106 e. The molecule has 1 atom stereocenters. The SMILES string of the molecule is Cc1cc(C(C)Nc2ccc(Cl)cc2C)c(C)o1. The second-order valence-electron chi connectivity index (χ2n) is 4.69. The number of rotatable bonds is 3. The van der Waals surface area contributed by atoms with Gasteiger partial charge in [0.1, 0.15) is 11.5 Å². The maximum absolute atomic E-state index is 5.96. The van der Waals surface area contributed by atoms with Crippen molar-refractivity contribution in [2.75, 3.05) is 5.32 Å². The van der Waals surface area contributed by atoms with Crippen LogP contribution < -0.4 is 5.32 Å². The van der Waals surface area contributed by atoms with E-state index >= 15 is 0 Å². The van der Waals surface area contributed by atoms with E-state index in [4.69, 9.17) is 16.0 Å². The molecular formula is C15H18ClNO. The fraction of sp³-hybridized carbons (Fsp3) is 0.333. The molecule has 0 saturated heterocycles. The van der Waals surface area contributed by atoms with E-state index < -0.39 is 0 Å². The van der Waals surface area contributed by atoms with Crippen molar-refractivity contribution in [3.05, 3.63) is 51.9 Å². The fourth-order valence-corrected chi connectivity index (χ4v) is 2.41. The van der Waals surface area contributed by atoms with Crippen molar-refractivity contribution >= 4 is 17.3 Å². The Morgan fingerprint density at radius 3 is 2.44 bits per heavy atom. The molecule has 2 aromatic rings. The number of benzene rings is 1. The molecule has 0 fully saturated rings. The summed E-state index contributed by atoms with van der Waals surface area (Å²) in [6.07, 6.45) is 0. The summed E-state index contributed by atoms with van der Waals surface area (Å²) in [6, 6.07) is 8.16. The highest BCUT2D eigenvalue weighted by molar-refractivity contribution is 6.30. The zero-order valence-corrected chi connectivity index (χ0v) is 11.9. The van der Waals surface area contributed by atoms with Crippen molar-refractivity contribution in [1.82, 2.24) is 0 Å². The van der Waals surface area contributed by atoms with E-state index in [9.17, 15) is 0 Å². The summed E-state index contributed by atoms with van der Waals surface area (Å²) in [5.41, 5.74) is 3.44. The van der Waals surface area contributed by atoms with Crippen LogP contribution in [0.4, 0.5) is 5.69 Å². The molecule has 0 aliphatic carbocycles. The maximum atomic E-state index is 5.96. The average Bonchev–Trinajstić information content (AvgIpc) is 2.62. The Labute approximate surface area is 113 Å². The van der Waals surface area contributed by atoms with Gasteiger partial charge in [-0.1, -0.05) is 11.6 Å². The zero-order valence-electron chi connectivity index (χ0n) is 11.2. The summed E-state index contributed by atoms with van der Waals surface area (Å²) in [7, 11) is 0. The standard InChI is InChI=1S/C15H18ClNO/c1-9-7-13(16)5-6-15(9)17-11(3)14-8-10(2)18-12(14)4/h5-8,11,17H,1-4H3. The maximum Gasteiger partial charge on any atom is 0.106 e. The summed E-state index contributed by atoms with van der Waals surface area (Å²) < 4.78 is 5.56. The lowest BCUT2D eigenvalue weighted by Gasteiger charge is -2.16. The van der Waals surface area contributed by atoms with Gasteiger partial charge < -0.3 is 9.73 Å². The first-order chi connectivity index (χ1) is 8.47. The highest BCUT2D eigenvalue weighted by Crippen LogP contribution is 2.27. The number of aryl methyl sites for hydroxylation is 3. The molecule has 3 heteroatoms. The Morgan fingerprint density at radius 2 is 1.89 bits per heavy atom. The molecule has 0 aliphatic rings. The predicted molar refractivity (Wildman–Crippen MR) is 76.4 cm³/mol. The quantitative estimate of drug-likeness (QED) is 0.840. The highest BCUT2D eigenvalue weighted by atomic mass is 35.5. The Balaban J connectivity index is 2.21. The molecule has 1 N–H and O–H groups in total. The molecule has 1 heterocycles. The van der Waals surface area contributed by atoms with Gasteiger partial charge in [0.15, 0.2) is 0 Å². The van der Waals surface area contributed by atoms with Crippen LogP contribution >= 0.6 is 11.6 Å². The third kappa shape index (κ3) is 2.70. The van der Waals surface area contributed by atoms with Gasteiger partial charge in [0, 0.05) is 16.3 Å². The predicted octanol–water partition coefficient (Wildman–Crippen LogP) is 5.03. The third-order valence-corrected chi connectivity index (χ3v) is 3.34. The van der Waals surface area contributed by atoms with Crippen LogP contribution in [0.1, 0.15) is 35.6 Å². The van der Waals surface area contributed by atoms with E-state index in [2.05, 4.69) is 25.2 Å². The van der Waals surface area contributed by atoms with Gasteiger partial charge in [-0.15, -0.1) is 0 Å². The highest BCUT2D eigenvalue weighted by Gasteiger charge is 2.13. The second kappa shape index (κ2) is 5.07. The first-order valence-corrected chi connectivity index (χ1v) is 6.45. The molecule has 96 valence electrons. The molecule has 0 spiro atoms. The molecule has 2 nitrogen and oxygen atoms in total. The number of hydrogen-bond donors (Lipinski definition) is 1. The lowest BCUT2D eigenvalue weighted by atomic mass is 10.1. The third-order valence-electron chi connectivity index (χ3n) is 3.11. The molecule has 0 aliphatic heterocycles. The van der Waals surface area contributed by atoms with E-state index in [0.29, 0.717) is 0 Å². The number of furan rings is 1. The van der Waals surface area contributed by atoms with Crippen molar-refractivity contribution in [1.29, 1.82) is 0 Å². The minimum absolute atomic E-state index is 0.210. The first-order valence-electron chi connectivity index (χ1n) is 6.07. The topological polar surface area (TPSA) is 25.2 Å². The van der Waals surface area contributed by atoms with Gasteiger partial charge in [-0.25, -0.2) is 0 Å². The first kappa shape index (κ1) is 13.0. The Morgan fingerprint density at radius 1 is 1.17 bits per heavy atom. The molecule has 1 aromatic carbocycles. The summed E-state index contributed by atoms with van der Waals surface area (Å²) in [4.78, 5) is 0. The largest absolute Gasteiger partial charge is 0.466 e. The number of anilines is 1. The monoisotopic (exact) mass is 263 g/mol. The van der Waals surface area contributed by atoms with E-state index in [1.807, 2.05) is 32.0 Å². The fourth-order valence-electron chi connectivity index (χ4n) is 2.18. The molecule has 18 heavy (non-hydrogen) atoms. The molecule has 1 aromatic heterocycles. The molecule has 1 unspecified atom stereocenters. The van der Waals surface area contributed by atoms with Crippen molar-refractivity contribution in [3.63, 3.8) is 0 Å². The lowest BCUT2D eigenvalue weighted by molar-refractivity contribution is 0.500. The molecule has 0 amide bonds. The van der Waals surface area contributed by atoms with Crippen LogP contribution in [0.15, 0.2) is 28.7 Å².